The molecule has 7 heteroatoms. The number of nitrogens with two attached hydrogens (primary N) is 1. The van der Waals surface area contributed by atoms with E-state index < -0.39 is 0 Å². The van der Waals surface area contributed by atoms with Crippen molar-refractivity contribution in [2.75, 3.05) is 32.7 Å². The fourth-order valence-electron chi connectivity index (χ4n) is 2.08. The minimum atomic E-state index is -0.310. The van der Waals surface area contributed by atoms with E-state index in [1.165, 1.54) is 14.2 Å². The van der Waals surface area contributed by atoms with Crippen molar-refractivity contribution in [1.82, 2.24) is 0 Å². The molecule has 2 aromatic rings. The number of amides is 1. The van der Waals surface area contributed by atoms with Gasteiger partial charge < -0.3 is 25.3 Å². The summed E-state index contributed by atoms with van der Waals surface area (Å²) < 4.78 is 15.9. The number of rotatable bonds is 7. The summed E-state index contributed by atoms with van der Waals surface area (Å²) in [4.78, 5) is 12.5. The molecule has 0 radical (unpaired) electrons. The Bertz CT molecular complexity index is 640. The standard InChI is InChI=1S/C17H20N2O4.ClH/c1-21-14-4-3-5-15(22-2)16(14)17(20)19-12-6-8-13(9-7-12)23-11-10-18;/h3-9H,10-11,18H2,1-2H3,(H,19,20);1H. The first-order valence-electron chi connectivity index (χ1n) is 7.15. The molecule has 0 aliphatic rings. The highest BCUT2D eigenvalue weighted by atomic mass is 35.5. The van der Waals surface area contributed by atoms with Crippen molar-refractivity contribution < 1.29 is 19.0 Å². The van der Waals surface area contributed by atoms with Gasteiger partial charge in [0.2, 0.25) is 0 Å². The fourth-order valence-corrected chi connectivity index (χ4v) is 2.08. The maximum absolute atomic E-state index is 12.5. The summed E-state index contributed by atoms with van der Waals surface area (Å²) in [5, 5.41) is 2.81. The van der Waals surface area contributed by atoms with Gasteiger partial charge >= 0.3 is 0 Å². The highest BCUT2D eigenvalue weighted by Gasteiger charge is 2.18. The van der Waals surface area contributed by atoms with Crippen molar-refractivity contribution in [3.63, 3.8) is 0 Å². The number of anilines is 1. The third kappa shape index (κ3) is 4.78. The molecule has 0 saturated carbocycles. The maximum Gasteiger partial charge on any atom is 0.263 e. The topological polar surface area (TPSA) is 82.8 Å². The van der Waals surface area contributed by atoms with Crippen molar-refractivity contribution in [3.8, 4) is 17.2 Å². The molecule has 2 aromatic carbocycles. The highest BCUT2D eigenvalue weighted by molar-refractivity contribution is 6.08. The Kier molecular flexibility index (Phi) is 7.88. The molecule has 0 bridgehead atoms. The molecule has 0 atom stereocenters. The number of carbonyl (C=O) groups excluding carboxylic acids is 1. The summed E-state index contributed by atoms with van der Waals surface area (Å²) in [7, 11) is 3.02. The molecule has 0 heterocycles. The lowest BCUT2D eigenvalue weighted by Crippen LogP contribution is -2.14. The molecule has 0 fully saturated rings. The Morgan fingerprint density at radius 1 is 1.04 bits per heavy atom. The summed E-state index contributed by atoms with van der Waals surface area (Å²) in [6.45, 7) is 0.899. The number of hydrogen-bond donors (Lipinski definition) is 2. The Balaban J connectivity index is 0.00000288. The fraction of sp³-hybridized carbons (Fsp3) is 0.235. The van der Waals surface area contributed by atoms with Crippen LogP contribution in [0.4, 0.5) is 5.69 Å². The average Bonchev–Trinajstić information content (AvgIpc) is 2.60. The second kappa shape index (κ2) is 9.64. The van der Waals surface area contributed by atoms with Crippen LogP contribution in [-0.4, -0.2) is 33.3 Å². The summed E-state index contributed by atoms with van der Waals surface area (Å²) in [6.07, 6.45) is 0. The Hall–Kier alpha value is -2.44. The van der Waals surface area contributed by atoms with E-state index in [0.717, 1.165) is 0 Å². The minimum Gasteiger partial charge on any atom is -0.496 e. The van der Waals surface area contributed by atoms with E-state index in [4.69, 9.17) is 19.9 Å². The lowest BCUT2D eigenvalue weighted by molar-refractivity contribution is 0.102. The van der Waals surface area contributed by atoms with Gasteiger partial charge in [-0.25, -0.2) is 0 Å². The molecule has 0 spiro atoms. The molecule has 3 N–H and O–H groups in total. The van der Waals surface area contributed by atoms with Gasteiger partial charge in [-0.05, 0) is 36.4 Å². The van der Waals surface area contributed by atoms with E-state index in [1.54, 1.807) is 42.5 Å². The van der Waals surface area contributed by atoms with E-state index in [-0.39, 0.29) is 18.3 Å². The van der Waals surface area contributed by atoms with E-state index in [2.05, 4.69) is 5.32 Å². The summed E-state index contributed by atoms with van der Waals surface area (Å²) in [5.41, 5.74) is 6.38. The molecule has 6 nitrogen and oxygen atoms in total. The third-order valence-electron chi connectivity index (χ3n) is 3.15. The molecule has 0 unspecified atom stereocenters. The molecule has 130 valence electrons. The molecule has 1 amide bonds. The third-order valence-corrected chi connectivity index (χ3v) is 3.15. The maximum atomic E-state index is 12.5. The van der Waals surface area contributed by atoms with Gasteiger partial charge in [-0.3, -0.25) is 4.79 Å². The van der Waals surface area contributed by atoms with Crippen molar-refractivity contribution in [3.05, 3.63) is 48.0 Å². The summed E-state index contributed by atoms with van der Waals surface area (Å²) in [5.74, 6) is 1.28. The van der Waals surface area contributed by atoms with Crippen LogP contribution in [0.2, 0.25) is 0 Å². The first kappa shape index (κ1) is 19.6. The van der Waals surface area contributed by atoms with Crippen LogP contribution >= 0.6 is 12.4 Å². The smallest absolute Gasteiger partial charge is 0.263 e. The minimum absolute atomic E-state index is 0. The van der Waals surface area contributed by atoms with Crippen LogP contribution in [0.25, 0.3) is 0 Å². The van der Waals surface area contributed by atoms with Gasteiger partial charge in [0.1, 0.15) is 29.4 Å². The van der Waals surface area contributed by atoms with Gasteiger partial charge in [0.25, 0.3) is 5.91 Å². The SMILES string of the molecule is COc1cccc(OC)c1C(=O)Nc1ccc(OCCN)cc1.Cl. The largest absolute Gasteiger partial charge is 0.496 e. The monoisotopic (exact) mass is 352 g/mol. The van der Waals surface area contributed by atoms with Gasteiger partial charge in [0.05, 0.1) is 14.2 Å². The van der Waals surface area contributed by atoms with Gasteiger partial charge in [-0.2, -0.15) is 0 Å². The second-order valence-corrected chi connectivity index (χ2v) is 4.65. The number of carbonyl (C=O) groups is 1. The van der Waals surface area contributed by atoms with E-state index >= 15 is 0 Å². The molecule has 24 heavy (non-hydrogen) atoms. The number of benzene rings is 2. The number of methoxy groups -OCH3 is 2. The Labute approximate surface area is 147 Å². The zero-order valence-electron chi connectivity index (χ0n) is 13.6. The average molecular weight is 353 g/mol. The first-order valence-corrected chi connectivity index (χ1v) is 7.15. The number of halogens is 1. The second-order valence-electron chi connectivity index (χ2n) is 4.65. The first-order chi connectivity index (χ1) is 11.2. The zero-order valence-corrected chi connectivity index (χ0v) is 14.4. The van der Waals surface area contributed by atoms with Crippen molar-refractivity contribution in [2.45, 2.75) is 0 Å². The number of nitrogens with one attached hydrogen (secondary N) is 1. The van der Waals surface area contributed by atoms with E-state index in [0.29, 0.717) is 41.7 Å². The van der Waals surface area contributed by atoms with Gasteiger partial charge in [-0.1, -0.05) is 6.07 Å². The van der Waals surface area contributed by atoms with Crippen LogP contribution in [-0.2, 0) is 0 Å². The highest BCUT2D eigenvalue weighted by Crippen LogP contribution is 2.29. The molecule has 0 aliphatic carbocycles. The van der Waals surface area contributed by atoms with Crippen LogP contribution < -0.4 is 25.3 Å². The zero-order chi connectivity index (χ0) is 16.7. The molecule has 0 aliphatic heterocycles. The van der Waals surface area contributed by atoms with Gasteiger partial charge in [0.15, 0.2) is 0 Å². The van der Waals surface area contributed by atoms with E-state index in [1.807, 2.05) is 0 Å². The van der Waals surface area contributed by atoms with Crippen LogP contribution in [0, 0.1) is 0 Å². The number of hydrogen-bond acceptors (Lipinski definition) is 5. The predicted octanol–water partition coefficient (Wildman–Crippen LogP) is 2.72. The van der Waals surface area contributed by atoms with Crippen LogP contribution in [0.15, 0.2) is 42.5 Å². The molecule has 0 aromatic heterocycles. The molecular formula is C17H21ClN2O4. The van der Waals surface area contributed by atoms with Crippen molar-refractivity contribution in [2.24, 2.45) is 5.73 Å². The van der Waals surface area contributed by atoms with Gasteiger partial charge in [0, 0.05) is 12.2 Å². The van der Waals surface area contributed by atoms with Gasteiger partial charge in [-0.15, -0.1) is 12.4 Å². The normalized spacial score (nSPS) is 9.62. The van der Waals surface area contributed by atoms with E-state index in [9.17, 15) is 4.79 Å². The van der Waals surface area contributed by atoms with Crippen LogP contribution in [0.1, 0.15) is 10.4 Å². The van der Waals surface area contributed by atoms with Crippen LogP contribution in [0.3, 0.4) is 0 Å². The lowest BCUT2D eigenvalue weighted by Gasteiger charge is -2.13. The predicted molar refractivity (Wildman–Crippen MR) is 95.7 cm³/mol. The molecule has 0 saturated heterocycles. The summed E-state index contributed by atoms with van der Waals surface area (Å²) in [6, 6.07) is 12.2. The number of ether oxygens (including phenoxy) is 3. The Morgan fingerprint density at radius 2 is 1.62 bits per heavy atom. The summed E-state index contributed by atoms with van der Waals surface area (Å²) >= 11 is 0. The molecular weight excluding hydrogens is 332 g/mol. The lowest BCUT2D eigenvalue weighted by atomic mass is 10.1. The van der Waals surface area contributed by atoms with Crippen molar-refractivity contribution in [1.29, 1.82) is 0 Å². The molecule has 2 rings (SSSR count). The van der Waals surface area contributed by atoms with Crippen LogP contribution in [0.5, 0.6) is 17.2 Å². The van der Waals surface area contributed by atoms with Crippen molar-refractivity contribution >= 4 is 24.0 Å². The quantitative estimate of drug-likeness (QED) is 0.800. The Morgan fingerprint density at radius 3 is 2.12 bits per heavy atom.